The highest BCUT2D eigenvalue weighted by molar-refractivity contribution is 7.98. The van der Waals surface area contributed by atoms with Crippen molar-refractivity contribution in [3.8, 4) is 0 Å². The van der Waals surface area contributed by atoms with E-state index >= 15 is 0 Å². The Morgan fingerprint density at radius 2 is 1.79 bits per heavy atom. The maximum absolute atomic E-state index is 13.1. The van der Waals surface area contributed by atoms with Crippen LogP contribution in [0.2, 0.25) is 0 Å². The van der Waals surface area contributed by atoms with Gasteiger partial charge in [0.2, 0.25) is 15.9 Å². The lowest BCUT2D eigenvalue weighted by molar-refractivity contribution is -0.132. The second-order valence-corrected chi connectivity index (χ2v) is 9.10. The Morgan fingerprint density at radius 3 is 2.43 bits per heavy atom. The predicted molar refractivity (Wildman–Crippen MR) is 109 cm³/mol. The van der Waals surface area contributed by atoms with Gasteiger partial charge in [0.15, 0.2) is 0 Å². The molecule has 1 aromatic rings. The van der Waals surface area contributed by atoms with Crippen molar-refractivity contribution in [2.45, 2.75) is 23.8 Å². The minimum atomic E-state index is -3.80. The first-order valence-corrected chi connectivity index (χ1v) is 11.9. The zero-order valence-electron chi connectivity index (χ0n) is 16.2. The van der Waals surface area contributed by atoms with E-state index < -0.39 is 22.2 Å². The third kappa shape index (κ3) is 6.11. The molecule has 0 aromatic heterocycles. The molecule has 1 heterocycles. The molecule has 1 N–H and O–H groups in total. The summed E-state index contributed by atoms with van der Waals surface area (Å²) in [5.41, 5.74) is 0. The molecule has 0 radical (unpaired) electrons. The summed E-state index contributed by atoms with van der Waals surface area (Å²) in [5.74, 6) is 0.385. The summed E-state index contributed by atoms with van der Waals surface area (Å²) in [6.07, 6.45) is 2.50. The molecule has 2 amide bonds. The van der Waals surface area contributed by atoms with Crippen molar-refractivity contribution >= 4 is 33.8 Å². The number of hydrogen-bond donors (Lipinski definition) is 1. The number of methoxy groups -OCH3 is 1. The molecule has 1 fully saturated rings. The molecule has 0 saturated carbocycles. The van der Waals surface area contributed by atoms with Gasteiger partial charge in [0, 0.05) is 26.2 Å². The van der Waals surface area contributed by atoms with Crippen LogP contribution in [0.15, 0.2) is 35.2 Å². The van der Waals surface area contributed by atoms with Gasteiger partial charge in [-0.3, -0.25) is 4.79 Å². The summed E-state index contributed by atoms with van der Waals surface area (Å²) in [5, 5.41) is 0. The smallest absolute Gasteiger partial charge is 0.409 e. The van der Waals surface area contributed by atoms with Gasteiger partial charge in [-0.25, -0.2) is 13.2 Å². The van der Waals surface area contributed by atoms with E-state index in [0.717, 1.165) is 0 Å². The lowest BCUT2D eigenvalue weighted by Crippen LogP contribution is -2.49. The number of ether oxygens (including phenoxy) is 1. The van der Waals surface area contributed by atoms with E-state index in [4.69, 9.17) is 4.74 Å². The highest BCUT2D eigenvalue weighted by atomic mass is 32.2. The van der Waals surface area contributed by atoms with Crippen LogP contribution in [0.3, 0.4) is 0 Å². The zero-order chi connectivity index (χ0) is 20.6. The van der Waals surface area contributed by atoms with E-state index in [1.54, 1.807) is 39.8 Å². The lowest BCUT2D eigenvalue weighted by Gasteiger charge is -2.26. The van der Waals surface area contributed by atoms with Crippen LogP contribution in [0, 0.1) is 0 Å². The van der Waals surface area contributed by atoms with Gasteiger partial charge in [-0.05, 0) is 37.0 Å². The predicted octanol–water partition coefficient (Wildman–Crippen LogP) is 1.39. The summed E-state index contributed by atoms with van der Waals surface area (Å²) < 4.78 is 32.7. The van der Waals surface area contributed by atoms with E-state index in [9.17, 15) is 18.0 Å². The quantitative estimate of drug-likeness (QED) is 0.704. The molecule has 0 bridgehead atoms. The highest BCUT2D eigenvalue weighted by Crippen LogP contribution is 2.14. The monoisotopic (exact) mass is 429 g/mol. The van der Waals surface area contributed by atoms with Crippen molar-refractivity contribution in [1.29, 1.82) is 0 Å². The molecule has 2 rings (SSSR count). The average Bonchev–Trinajstić information content (AvgIpc) is 2.97. The number of rotatable bonds is 7. The SMILES string of the molecule is COC(=O)N1CCCN(C(=O)C(CCSC)NS(=O)(=O)c2ccccc2)CC1. The summed E-state index contributed by atoms with van der Waals surface area (Å²) in [6.45, 7) is 1.67. The normalized spacial score (nSPS) is 16.4. The van der Waals surface area contributed by atoms with E-state index in [1.165, 1.54) is 19.2 Å². The molecule has 0 spiro atoms. The molecule has 0 aliphatic carbocycles. The van der Waals surface area contributed by atoms with Gasteiger partial charge in [0.1, 0.15) is 6.04 Å². The van der Waals surface area contributed by atoms with Crippen molar-refractivity contribution in [2.24, 2.45) is 0 Å². The molecule has 28 heavy (non-hydrogen) atoms. The van der Waals surface area contributed by atoms with Crippen molar-refractivity contribution in [3.05, 3.63) is 30.3 Å². The Bertz CT molecular complexity index is 758. The molecule has 1 aromatic carbocycles. The first-order valence-electron chi connectivity index (χ1n) is 9.07. The minimum Gasteiger partial charge on any atom is -0.453 e. The fraction of sp³-hybridized carbons (Fsp3) is 0.556. The second kappa shape index (κ2) is 10.7. The Morgan fingerprint density at radius 1 is 1.14 bits per heavy atom. The topological polar surface area (TPSA) is 96.0 Å². The van der Waals surface area contributed by atoms with Gasteiger partial charge in [-0.2, -0.15) is 16.5 Å². The second-order valence-electron chi connectivity index (χ2n) is 6.40. The van der Waals surface area contributed by atoms with Crippen molar-refractivity contribution in [2.75, 3.05) is 45.3 Å². The third-order valence-corrected chi connectivity index (χ3v) is 6.63. The van der Waals surface area contributed by atoms with Crippen LogP contribution in [0.25, 0.3) is 0 Å². The highest BCUT2D eigenvalue weighted by Gasteiger charge is 2.30. The van der Waals surface area contributed by atoms with Crippen LogP contribution in [-0.4, -0.2) is 81.6 Å². The van der Waals surface area contributed by atoms with E-state index in [0.29, 0.717) is 44.8 Å². The van der Waals surface area contributed by atoms with Crippen LogP contribution in [-0.2, 0) is 19.6 Å². The molecular weight excluding hydrogens is 402 g/mol. The molecule has 1 unspecified atom stereocenters. The molecule has 1 aliphatic heterocycles. The van der Waals surface area contributed by atoms with Gasteiger partial charge >= 0.3 is 6.09 Å². The number of nitrogens with zero attached hydrogens (tertiary/aromatic N) is 2. The molecule has 10 heteroatoms. The average molecular weight is 430 g/mol. The molecule has 156 valence electrons. The summed E-state index contributed by atoms with van der Waals surface area (Å²) >= 11 is 1.55. The fourth-order valence-corrected chi connectivity index (χ4v) is 4.71. The zero-order valence-corrected chi connectivity index (χ0v) is 17.8. The number of benzene rings is 1. The van der Waals surface area contributed by atoms with Crippen LogP contribution in [0.1, 0.15) is 12.8 Å². The number of thioether (sulfide) groups is 1. The van der Waals surface area contributed by atoms with Crippen LogP contribution in [0.4, 0.5) is 4.79 Å². The lowest BCUT2D eigenvalue weighted by atomic mass is 10.2. The molecule has 8 nitrogen and oxygen atoms in total. The standard InChI is InChI=1S/C18H27N3O5S2/c1-26-18(23)21-11-6-10-20(12-13-21)17(22)16(9-14-27-2)19-28(24,25)15-7-4-3-5-8-15/h3-5,7-8,16,19H,6,9-14H2,1-2H3. The number of nitrogens with one attached hydrogen (secondary N) is 1. The van der Waals surface area contributed by atoms with Gasteiger partial charge < -0.3 is 14.5 Å². The number of carbonyl (C=O) groups excluding carboxylic acids is 2. The molecule has 1 saturated heterocycles. The Hall–Kier alpha value is -1.78. The van der Waals surface area contributed by atoms with E-state index in [2.05, 4.69) is 4.72 Å². The largest absolute Gasteiger partial charge is 0.453 e. The van der Waals surface area contributed by atoms with Crippen LogP contribution in [0.5, 0.6) is 0 Å². The Balaban J connectivity index is 2.11. The maximum atomic E-state index is 13.1. The number of carbonyl (C=O) groups is 2. The van der Waals surface area contributed by atoms with Crippen molar-refractivity contribution < 1.29 is 22.7 Å². The number of amides is 2. The number of sulfonamides is 1. The van der Waals surface area contributed by atoms with Crippen LogP contribution >= 0.6 is 11.8 Å². The van der Waals surface area contributed by atoms with Gasteiger partial charge in [-0.15, -0.1) is 0 Å². The summed E-state index contributed by atoms with van der Waals surface area (Å²) in [6, 6.07) is 7.17. The first-order chi connectivity index (χ1) is 13.4. The summed E-state index contributed by atoms with van der Waals surface area (Å²) in [4.78, 5) is 28.1. The van der Waals surface area contributed by atoms with Crippen LogP contribution < -0.4 is 4.72 Å². The fourth-order valence-electron chi connectivity index (χ4n) is 2.99. The number of hydrogen-bond acceptors (Lipinski definition) is 6. The van der Waals surface area contributed by atoms with Crippen molar-refractivity contribution in [1.82, 2.24) is 14.5 Å². The van der Waals surface area contributed by atoms with Gasteiger partial charge in [0.05, 0.1) is 12.0 Å². The Kier molecular flexibility index (Phi) is 8.58. The minimum absolute atomic E-state index is 0.129. The maximum Gasteiger partial charge on any atom is 0.409 e. The van der Waals surface area contributed by atoms with Gasteiger partial charge in [0.25, 0.3) is 0 Å². The van der Waals surface area contributed by atoms with Gasteiger partial charge in [-0.1, -0.05) is 18.2 Å². The van der Waals surface area contributed by atoms with E-state index in [-0.39, 0.29) is 10.8 Å². The Labute approximate surface area is 170 Å². The first kappa shape index (κ1) is 22.5. The molecule has 1 atom stereocenters. The third-order valence-electron chi connectivity index (χ3n) is 4.50. The van der Waals surface area contributed by atoms with Crippen molar-refractivity contribution in [3.63, 3.8) is 0 Å². The summed E-state index contributed by atoms with van der Waals surface area (Å²) in [7, 11) is -2.48. The van der Waals surface area contributed by atoms with E-state index in [1.807, 2.05) is 6.26 Å². The molecular formula is C18H27N3O5S2. The molecule has 1 aliphatic rings.